The molecule has 0 spiro atoms. The van der Waals surface area contributed by atoms with Crippen LogP contribution < -0.4 is 9.80 Å². The third kappa shape index (κ3) is 3.36. The van der Waals surface area contributed by atoms with Gasteiger partial charge in [-0.2, -0.15) is 0 Å². The molecule has 5 nitrogen and oxygen atoms in total. The van der Waals surface area contributed by atoms with E-state index in [4.69, 9.17) is 23.2 Å². The molecule has 2 aromatic rings. The first kappa shape index (κ1) is 19.2. The first-order chi connectivity index (χ1) is 13.5. The standard InChI is InChI=1S/C20H18Cl2FN3O2/c21-13-4-3-7-16(19(13)22)26-18(27)12-17(20(26)28)25-10-8-24(9-11-25)15-6-2-1-5-14(15)23/h1-7,17H,8-12H2. The molecule has 2 aliphatic rings. The van der Waals surface area contributed by atoms with E-state index in [9.17, 15) is 14.0 Å². The summed E-state index contributed by atoms with van der Waals surface area (Å²) in [6.07, 6.45) is 0.0986. The monoisotopic (exact) mass is 421 g/mol. The Kier molecular flexibility index (Phi) is 5.27. The van der Waals surface area contributed by atoms with Crippen molar-refractivity contribution < 1.29 is 14.0 Å². The Balaban J connectivity index is 1.48. The van der Waals surface area contributed by atoms with Crippen LogP contribution in [0.25, 0.3) is 0 Å². The lowest BCUT2D eigenvalue weighted by Crippen LogP contribution is -2.52. The van der Waals surface area contributed by atoms with Gasteiger partial charge in [-0.3, -0.25) is 14.5 Å². The molecule has 2 fully saturated rings. The Bertz CT molecular complexity index is 931. The van der Waals surface area contributed by atoms with Crippen LogP contribution in [-0.2, 0) is 9.59 Å². The Morgan fingerprint density at radius 1 is 0.893 bits per heavy atom. The second-order valence-electron chi connectivity index (χ2n) is 6.83. The van der Waals surface area contributed by atoms with Crippen LogP contribution in [-0.4, -0.2) is 48.9 Å². The molecule has 0 radical (unpaired) electrons. The highest BCUT2D eigenvalue weighted by Gasteiger charge is 2.44. The second-order valence-corrected chi connectivity index (χ2v) is 7.62. The SMILES string of the molecule is O=C1CC(N2CCN(c3ccccc3F)CC2)C(=O)N1c1cccc(Cl)c1Cl. The van der Waals surface area contributed by atoms with Gasteiger partial charge in [0.15, 0.2) is 0 Å². The third-order valence-electron chi connectivity index (χ3n) is 5.24. The van der Waals surface area contributed by atoms with E-state index in [0.29, 0.717) is 42.6 Å². The highest BCUT2D eigenvalue weighted by Crippen LogP contribution is 2.36. The van der Waals surface area contributed by atoms with Crippen LogP contribution in [0.3, 0.4) is 0 Å². The number of rotatable bonds is 3. The molecule has 0 saturated carbocycles. The van der Waals surface area contributed by atoms with Gasteiger partial charge in [0, 0.05) is 26.2 Å². The zero-order chi connectivity index (χ0) is 19.8. The van der Waals surface area contributed by atoms with E-state index in [1.165, 1.54) is 6.07 Å². The van der Waals surface area contributed by atoms with Crippen molar-refractivity contribution in [1.82, 2.24) is 4.90 Å². The van der Waals surface area contributed by atoms with Gasteiger partial charge in [0.05, 0.1) is 33.9 Å². The minimum absolute atomic E-state index is 0.0986. The van der Waals surface area contributed by atoms with Crippen LogP contribution in [0.2, 0.25) is 10.0 Å². The molecule has 2 aromatic carbocycles. The summed E-state index contributed by atoms with van der Waals surface area (Å²) in [4.78, 5) is 30.6. The van der Waals surface area contributed by atoms with Crippen molar-refractivity contribution in [3.05, 3.63) is 58.3 Å². The lowest BCUT2D eigenvalue weighted by Gasteiger charge is -2.38. The Labute approximate surface area is 172 Å². The van der Waals surface area contributed by atoms with Crippen molar-refractivity contribution in [3.63, 3.8) is 0 Å². The summed E-state index contributed by atoms with van der Waals surface area (Å²) in [5, 5.41) is 0.484. The van der Waals surface area contributed by atoms with Crippen LogP contribution in [0, 0.1) is 5.82 Å². The molecule has 1 unspecified atom stereocenters. The number of para-hydroxylation sites is 1. The van der Waals surface area contributed by atoms with E-state index in [1.807, 2.05) is 9.80 Å². The highest BCUT2D eigenvalue weighted by molar-refractivity contribution is 6.44. The van der Waals surface area contributed by atoms with Crippen molar-refractivity contribution >= 4 is 46.4 Å². The van der Waals surface area contributed by atoms with Crippen LogP contribution >= 0.6 is 23.2 Å². The number of amides is 2. The summed E-state index contributed by atoms with van der Waals surface area (Å²) in [5.74, 6) is -0.853. The second kappa shape index (κ2) is 7.70. The average molecular weight is 422 g/mol. The van der Waals surface area contributed by atoms with E-state index in [-0.39, 0.29) is 29.1 Å². The van der Waals surface area contributed by atoms with Gasteiger partial charge in [-0.05, 0) is 24.3 Å². The summed E-state index contributed by atoms with van der Waals surface area (Å²) >= 11 is 12.2. The molecule has 2 saturated heterocycles. The molecule has 0 aromatic heterocycles. The van der Waals surface area contributed by atoms with Gasteiger partial charge in [-0.25, -0.2) is 9.29 Å². The molecule has 8 heteroatoms. The van der Waals surface area contributed by atoms with Crippen molar-refractivity contribution in [3.8, 4) is 0 Å². The molecular formula is C20H18Cl2FN3O2. The summed E-state index contributed by atoms with van der Waals surface area (Å²) in [7, 11) is 0. The maximum absolute atomic E-state index is 14.0. The van der Waals surface area contributed by atoms with Crippen LogP contribution in [0.5, 0.6) is 0 Å². The minimum atomic E-state index is -0.537. The zero-order valence-corrected chi connectivity index (χ0v) is 16.5. The van der Waals surface area contributed by atoms with Crippen molar-refractivity contribution in [2.75, 3.05) is 36.0 Å². The largest absolute Gasteiger partial charge is 0.367 e. The van der Waals surface area contributed by atoms with Crippen LogP contribution in [0.4, 0.5) is 15.8 Å². The van der Waals surface area contributed by atoms with Crippen molar-refractivity contribution in [2.24, 2.45) is 0 Å². The fraction of sp³-hybridized carbons (Fsp3) is 0.300. The number of hydrogen-bond acceptors (Lipinski definition) is 4. The molecule has 2 amide bonds. The fourth-order valence-corrected chi connectivity index (χ4v) is 4.18. The molecule has 2 aliphatic heterocycles. The van der Waals surface area contributed by atoms with E-state index in [2.05, 4.69) is 0 Å². The number of piperazine rings is 1. The molecule has 28 heavy (non-hydrogen) atoms. The number of nitrogens with zero attached hydrogens (tertiary/aromatic N) is 3. The molecular weight excluding hydrogens is 404 g/mol. The lowest BCUT2D eigenvalue weighted by atomic mass is 10.1. The fourth-order valence-electron chi connectivity index (χ4n) is 3.80. The molecule has 146 valence electrons. The first-order valence-corrected chi connectivity index (χ1v) is 9.77. The summed E-state index contributed by atoms with van der Waals surface area (Å²) in [5.41, 5.74) is 0.875. The van der Waals surface area contributed by atoms with E-state index < -0.39 is 6.04 Å². The van der Waals surface area contributed by atoms with E-state index in [0.717, 1.165) is 4.90 Å². The molecule has 0 N–H and O–H groups in total. The number of anilines is 2. The predicted molar refractivity (Wildman–Crippen MR) is 108 cm³/mol. The number of carbonyl (C=O) groups is 2. The van der Waals surface area contributed by atoms with Crippen molar-refractivity contribution in [1.29, 1.82) is 0 Å². The summed E-state index contributed by atoms with van der Waals surface area (Å²) in [6, 6.07) is 11.0. The van der Waals surface area contributed by atoms with Gasteiger partial charge >= 0.3 is 0 Å². The van der Waals surface area contributed by atoms with Crippen LogP contribution in [0.15, 0.2) is 42.5 Å². The number of carbonyl (C=O) groups excluding carboxylic acids is 2. The van der Waals surface area contributed by atoms with Crippen LogP contribution in [0.1, 0.15) is 6.42 Å². The van der Waals surface area contributed by atoms with Gasteiger partial charge in [-0.1, -0.05) is 41.4 Å². The Hall–Kier alpha value is -2.15. The van der Waals surface area contributed by atoms with Gasteiger partial charge in [0.1, 0.15) is 5.82 Å². The third-order valence-corrected chi connectivity index (χ3v) is 6.05. The Morgan fingerprint density at radius 2 is 1.57 bits per heavy atom. The Morgan fingerprint density at radius 3 is 2.29 bits per heavy atom. The molecule has 0 aliphatic carbocycles. The maximum Gasteiger partial charge on any atom is 0.251 e. The number of imide groups is 1. The topological polar surface area (TPSA) is 43.9 Å². The smallest absolute Gasteiger partial charge is 0.251 e. The molecule has 0 bridgehead atoms. The summed E-state index contributed by atoms with van der Waals surface area (Å²) < 4.78 is 14.0. The maximum atomic E-state index is 14.0. The number of benzene rings is 2. The van der Waals surface area contributed by atoms with E-state index in [1.54, 1.807) is 36.4 Å². The van der Waals surface area contributed by atoms with Gasteiger partial charge in [-0.15, -0.1) is 0 Å². The van der Waals surface area contributed by atoms with Gasteiger partial charge in [0.2, 0.25) is 5.91 Å². The zero-order valence-electron chi connectivity index (χ0n) is 14.9. The normalized spacial score (nSPS) is 20.9. The quantitative estimate of drug-likeness (QED) is 0.710. The van der Waals surface area contributed by atoms with Crippen molar-refractivity contribution in [2.45, 2.75) is 12.5 Å². The average Bonchev–Trinajstić information content (AvgIpc) is 2.99. The minimum Gasteiger partial charge on any atom is -0.367 e. The number of halogens is 3. The molecule has 4 rings (SSSR count). The highest BCUT2D eigenvalue weighted by atomic mass is 35.5. The molecule has 2 heterocycles. The molecule has 1 atom stereocenters. The van der Waals surface area contributed by atoms with Gasteiger partial charge in [0.25, 0.3) is 5.91 Å². The van der Waals surface area contributed by atoms with Gasteiger partial charge < -0.3 is 4.90 Å². The lowest BCUT2D eigenvalue weighted by molar-refractivity contribution is -0.123. The predicted octanol–water partition coefficient (Wildman–Crippen LogP) is 3.59. The number of hydrogen-bond donors (Lipinski definition) is 0. The first-order valence-electron chi connectivity index (χ1n) is 9.01. The summed E-state index contributed by atoms with van der Waals surface area (Å²) in [6.45, 7) is 2.29. The van der Waals surface area contributed by atoms with E-state index >= 15 is 0 Å².